The maximum absolute atomic E-state index is 13.0. The highest BCUT2D eigenvalue weighted by Gasteiger charge is 2.21. The minimum atomic E-state index is -3.74. The molecule has 0 radical (unpaired) electrons. The quantitative estimate of drug-likeness (QED) is 0.559. The molecule has 4 aromatic rings. The molecule has 2 N–H and O–H groups in total. The number of aromatic hydroxyl groups is 1. The zero-order valence-electron chi connectivity index (χ0n) is 14.6. The standard InChI is InChI=1S/C21H18N2O3S/c1-14(16-8-7-15-9-10-18(24)13-17(15)12-16)23-27(25,26)21-6-2-5-20-19(21)4-3-11-22-20/h2-14,23-24H,1H3. The second kappa shape index (κ2) is 6.64. The van der Waals surface area contributed by atoms with Crippen LogP contribution in [0.5, 0.6) is 5.75 Å². The van der Waals surface area contributed by atoms with Gasteiger partial charge >= 0.3 is 0 Å². The fraction of sp³-hybridized carbons (Fsp3) is 0.0952. The van der Waals surface area contributed by atoms with Gasteiger partial charge in [0.2, 0.25) is 10.0 Å². The molecule has 1 aromatic heterocycles. The van der Waals surface area contributed by atoms with Gasteiger partial charge in [-0.15, -0.1) is 0 Å². The molecule has 0 amide bonds. The number of aromatic nitrogens is 1. The van der Waals surface area contributed by atoms with E-state index >= 15 is 0 Å². The molecule has 1 heterocycles. The molecule has 27 heavy (non-hydrogen) atoms. The van der Waals surface area contributed by atoms with Crippen molar-refractivity contribution in [3.8, 4) is 5.75 Å². The Bertz CT molecular complexity index is 1250. The zero-order chi connectivity index (χ0) is 19.0. The van der Waals surface area contributed by atoms with Crippen molar-refractivity contribution in [3.05, 3.63) is 78.5 Å². The Kier molecular flexibility index (Phi) is 4.30. The number of hydrogen-bond acceptors (Lipinski definition) is 4. The van der Waals surface area contributed by atoms with E-state index in [1.165, 1.54) is 0 Å². The highest BCUT2D eigenvalue weighted by Crippen LogP contribution is 2.26. The Labute approximate surface area is 157 Å². The van der Waals surface area contributed by atoms with Crippen LogP contribution in [0, 0.1) is 0 Å². The van der Waals surface area contributed by atoms with Gasteiger partial charge in [-0.2, -0.15) is 0 Å². The van der Waals surface area contributed by atoms with E-state index in [9.17, 15) is 13.5 Å². The summed E-state index contributed by atoms with van der Waals surface area (Å²) in [6, 6.07) is 18.9. The third-order valence-electron chi connectivity index (χ3n) is 4.58. The number of fused-ring (bicyclic) bond motifs is 2. The number of phenols is 1. The first kappa shape index (κ1) is 17.5. The molecule has 0 aliphatic rings. The molecule has 0 aliphatic heterocycles. The lowest BCUT2D eigenvalue weighted by atomic mass is 10.0. The smallest absolute Gasteiger partial charge is 0.241 e. The van der Waals surface area contributed by atoms with Crippen LogP contribution in [0.3, 0.4) is 0 Å². The first-order chi connectivity index (χ1) is 12.9. The molecule has 5 nitrogen and oxygen atoms in total. The van der Waals surface area contributed by atoms with Crippen LogP contribution in [0.1, 0.15) is 18.5 Å². The first-order valence-corrected chi connectivity index (χ1v) is 10.0. The average Bonchev–Trinajstić information content (AvgIpc) is 2.66. The number of pyridine rings is 1. The number of hydrogen-bond donors (Lipinski definition) is 2. The van der Waals surface area contributed by atoms with E-state index in [2.05, 4.69) is 9.71 Å². The lowest BCUT2D eigenvalue weighted by Gasteiger charge is -2.16. The third-order valence-corrected chi connectivity index (χ3v) is 6.17. The van der Waals surface area contributed by atoms with Crippen molar-refractivity contribution in [1.82, 2.24) is 9.71 Å². The van der Waals surface area contributed by atoms with E-state index in [0.717, 1.165) is 16.3 Å². The molecule has 4 rings (SSSR count). The van der Waals surface area contributed by atoms with E-state index < -0.39 is 16.1 Å². The van der Waals surface area contributed by atoms with E-state index in [1.807, 2.05) is 24.3 Å². The van der Waals surface area contributed by atoms with Gasteiger partial charge in [-0.3, -0.25) is 4.98 Å². The first-order valence-electron chi connectivity index (χ1n) is 8.53. The zero-order valence-corrected chi connectivity index (χ0v) is 15.4. The topological polar surface area (TPSA) is 79.3 Å². The molecule has 0 saturated carbocycles. The van der Waals surface area contributed by atoms with Gasteiger partial charge in [-0.05, 0) is 65.7 Å². The van der Waals surface area contributed by atoms with E-state index in [-0.39, 0.29) is 10.6 Å². The minimum absolute atomic E-state index is 0.177. The lowest BCUT2D eigenvalue weighted by Crippen LogP contribution is -2.27. The molecule has 6 heteroatoms. The summed E-state index contributed by atoms with van der Waals surface area (Å²) in [5, 5.41) is 12.1. The summed E-state index contributed by atoms with van der Waals surface area (Å²) in [4.78, 5) is 4.43. The maximum Gasteiger partial charge on any atom is 0.241 e. The average molecular weight is 378 g/mol. The Morgan fingerprint density at radius 2 is 1.78 bits per heavy atom. The third kappa shape index (κ3) is 3.37. The van der Waals surface area contributed by atoms with E-state index in [4.69, 9.17) is 0 Å². The van der Waals surface area contributed by atoms with Crippen LogP contribution in [0.2, 0.25) is 0 Å². The number of phenolic OH excluding ortho intramolecular Hbond substituents is 1. The van der Waals surface area contributed by atoms with Crippen LogP contribution in [0.25, 0.3) is 21.7 Å². The molecular formula is C21H18N2O3S. The second-order valence-electron chi connectivity index (χ2n) is 6.46. The number of rotatable bonds is 4. The minimum Gasteiger partial charge on any atom is -0.508 e. The van der Waals surface area contributed by atoms with E-state index in [0.29, 0.717) is 10.9 Å². The predicted octanol–water partition coefficient (Wildman–Crippen LogP) is 4.13. The molecule has 3 aromatic carbocycles. The molecule has 1 atom stereocenters. The number of nitrogens with zero attached hydrogens (tertiary/aromatic N) is 1. The van der Waals surface area contributed by atoms with Crippen molar-refractivity contribution in [2.45, 2.75) is 17.9 Å². The Morgan fingerprint density at radius 3 is 2.63 bits per heavy atom. The molecular weight excluding hydrogens is 360 g/mol. The summed E-state index contributed by atoms with van der Waals surface area (Å²) >= 11 is 0. The van der Waals surface area contributed by atoms with E-state index in [1.54, 1.807) is 55.6 Å². The van der Waals surface area contributed by atoms with Crippen molar-refractivity contribution in [2.24, 2.45) is 0 Å². The summed E-state index contributed by atoms with van der Waals surface area (Å²) in [6.45, 7) is 1.80. The lowest BCUT2D eigenvalue weighted by molar-refractivity contribution is 0.476. The van der Waals surface area contributed by atoms with Crippen LogP contribution in [0.15, 0.2) is 77.8 Å². The second-order valence-corrected chi connectivity index (χ2v) is 8.14. The number of nitrogens with one attached hydrogen (secondary N) is 1. The highest BCUT2D eigenvalue weighted by atomic mass is 32.2. The van der Waals surface area contributed by atoms with Gasteiger partial charge in [0.25, 0.3) is 0 Å². The summed E-state index contributed by atoms with van der Waals surface area (Å²) in [5.41, 5.74) is 1.45. The predicted molar refractivity (Wildman–Crippen MR) is 106 cm³/mol. The van der Waals surface area contributed by atoms with Gasteiger partial charge < -0.3 is 5.11 Å². The van der Waals surface area contributed by atoms with Crippen molar-refractivity contribution < 1.29 is 13.5 Å². The van der Waals surface area contributed by atoms with Crippen LogP contribution in [-0.2, 0) is 10.0 Å². The van der Waals surface area contributed by atoms with Crippen LogP contribution in [-0.4, -0.2) is 18.5 Å². The van der Waals surface area contributed by atoms with Crippen molar-refractivity contribution in [1.29, 1.82) is 0 Å². The molecule has 0 fully saturated rings. The van der Waals surface area contributed by atoms with Crippen LogP contribution < -0.4 is 4.72 Å². The van der Waals surface area contributed by atoms with Gasteiger partial charge in [-0.25, -0.2) is 13.1 Å². The van der Waals surface area contributed by atoms with Crippen LogP contribution >= 0.6 is 0 Å². The summed E-state index contributed by atoms with van der Waals surface area (Å²) < 4.78 is 28.7. The summed E-state index contributed by atoms with van der Waals surface area (Å²) in [5.74, 6) is 0.177. The van der Waals surface area contributed by atoms with Gasteiger partial charge in [0.05, 0.1) is 10.4 Å². The monoisotopic (exact) mass is 378 g/mol. The van der Waals surface area contributed by atoms with Gasteiger partial charge in [0.15, 0.2) is 0 Å². The number of benzene rings is 3. The largest absolute Gasteiger partial charge is 0.508 e. The summed E-state index contributed by atoms with van der Waals surface area (Å²) in [6.07, 6.45) is 1.64. The van der Waals surface area contributed by atoms with Crippen molar-refractivity contribution in [3.63, 3.8) is 0 Å². The van der Waals surface area contributed by atoms with Gasteiger partial charge in [0.1, 0.15) is 5.75 Å². The SMILES string of the molecule is CC(NS(=O)(=O)c1cccc2ncccc12)c1ccc2ccc(O)cc2c1. The highest BCUT2D eigenvalue weighted by molar-refractivity contribution is 7.89. The van der Waals surface area contributed by atoms with Crippen LogP contribution in [0.4, 0.5) is 0 Å². The molecule has 0 saturated heterocycles. The molecule has 136 valence electrons. The maximum atomic E-state index is 13.0. The Balaban J connectivity index is 1.70. The Morgan fingerprint density at radius 1 is 0.963 bits per heavy atom. The van der Waals surface area contributed by atoms with Crippen molar-refractivity contribution in [2.75, 3.05) is 0 Å². The van der Waals surface area contributed by atoms with Gasteiger partial charge in [-0.1, -0.05) is 24.3 Å². The Hall–Kier alpha value is -2.96. The summed E-state index contributed by atoms with van der Waals surface area (Å²) in [7, 11) is -3.74. The molecule has 0 bridgehead atoms. The molecule has 0 aliphatic carbocycles. The number of sulfonamides is 1. The fourth-order valence-corrected chi connectivity index (χ4v) is 4.64. The molecule has 0 spiro atoms. The van der Waals surface area contributed by atoms with Gasteiger partial charge in [0, 0.05) is 17.6 Å². The fourth-order valence-electron chi connectivity index (χ4n) is 3.20. The molecule has 1 unspecified atom stereocenters. The normalized spacial score (nSPS) is 13.1. The van der Waals surface area contributed by atoms with Crippen molar-refractivity contribution >= 4 is 31.7 Å².